The maximum Gasteiger partial charge on any atom is 0.252 e. The molecule has 0 saturated heterocycles. The van der Waals surface area contributed by atoms with Crippen LogP contribution in [0.25, 0.3) is 0 Å². The molecule has 0 aliphatic carbocycles. The lowest BCUT2D eigenvalue weighted by Gasteiger charge is -2.18. The molecule has 0 saturated carbocycles. The quantitative estimate of drug-likeness (QED) is 0.738. The average molecular weight is 381 g/mol. The van der Waals surface area contributed by atoms with Gasteiger partial charge in [-0.05, 0) is 43.0 Å². The standard InChI is InChI=1S/C17H20FN3O2S2/c1-11-3-4-12(7-14(11)18)16(22)21-15(5-6-24-2)17(23)19-8-13-9-25-10-20-13/h3-4,7,9-10,15H,5-6,8H2,1-2H3,(H,19,23)(H,21,22)/t15-/m0/s1. The topological polar surface area (TPSA) is 71.1 Å². The van der Waals surface area contributed by atoms with Crippen LogP contribution in [0.5, 0.6) is 0 Å². The van der Waals surface area contributed by atoms with Crippen molar-refractivity contribution in [2.45, 2.75) is 25.9 Å². The minimum atomic E-state index is -0.678. The minimum absolute atomic E-state index is 0.199. The highest BCUT2D eigenvalue weighted by molar-refractivity contribution is 7.98. The van der Waals surface area contributed by atoms with Crippen molar-refractivity contribution in [2.24, 2.45) is 0 Å². The second-order valence-electron chi connectivity index (χ2n) is 5.47. The van der Waals surface area contributed by atoms with Crippen LogP contribution in [0.4, 0.5) is 4.39 Å². The molecule has 8 heteroatoms. The van der Waals surface area contributed by atoms with Crippen molar-refractivity contribution in [1.82, 2.24) is 15.6 Å². The molecule has 0 radical (unpaired) electrons. The third-order valence-electron chi connectivity index (χ3n) is 3.59. The van der Waals surface area contributed by atoms with E-state index >= 15 is 0 Å². The summed E-state index contributed by atoms with van der Waals surface area (Å²) < 4.78 is 13.6. The average Bonchev–Trinajstić information content (AvgIpc) is 3.12. The van der Waals surface area contributed by atoms with Crippen molar-refractivity contribution in [3.05, 3.63) is 51.7 Å². The Morgan fingerprint density at radius 2 is 2.20 bits per heavy atom. The van der Waals surface area contributed by atoms with Gasteiger partial charge in [-0.1, -0.05) is 6.07 Å². The monoisotopic (exact) mass is 381 g/mol. The summed E-state index contributed by atoms with van der Waals surface area (Å²) in [5.74, 6) is -0.463. The minimum Gasteiger partial charge on any atom is -0.349 e. The van der Waals surface area contributed by atoms with Gasteiger partial charge in [0.25, 0.3) is 5.91 Å². The van der Waals surface area contributed by atoms with Crippen LogP contribution >= 0.6 is 23.1 Å². The molecule has 0 spiro atoms. The fourth-order valence-corrected chi connectivity index (χ4v) is 3.14. The molecule has 2 rings (SSSR count). The fourth-order valence-electron chi connectivity index (χ4n) is 2.11. The Bertz CT molecular complexity index is 723. The van der Waals surface area contributed by atoms with Crippen molar-refractivity contribution in [3.63, 3.8) is 0 Å². The molecule has 1 aromatic heterocycles. The highest BCUT2D eigenvalue weighted by atomic mass is 32.2. The maximum atomic E-state index is 13.6. The molecule has 2 aromatic rings. The van der Waals surface area contributed by atoms with E-state index in [0.29, 0.717) is 18.5 Å². The number of aryl methyl sites for hydroxylation is 1. The third kappa shape index (κ3) is 5.82. The molecule has 0 aliphatic rings. The first-order chi connectivity index (χ1) is 12.0. The maximum absolute atomic E-state index is 13.6. The molecule has 0 fully saturated rings. The number of thioether (sulfide) groups is 1. The van der Waals surface area contributed by atoms with E-state index in [1.54, 1.807) is 36.3 Å². The molecule has 1 aromatic carbocycles. The number of amides is 2. The zero-order chi connectivity index (χ0) is 18.2. The van der Waals surface area contributed by atoms with Crippen molar-refractivity contribution in [1.29, 1.82) is 0 Å². The van der Waals surface area contributed by atoms with Crippen LogP contribution in [0, 0.1) is 12.7 Å². The second kappa shape index (κ2) is 9.53. The summed E-state index contributed by atoms with van der Waals surface area (Å²) in [4.78, 5) is 28.8. The van der Waals surface area contributed by atoms with Crippen molar-refractivity contribution in [2.75, 3.05) is 12.0 Å². The molecule has 1 heterocycles. The Morgan fingerprint density at radius 1 is 1.40 bits per heavy atom. The number of thiazole rings is 1. The Kier molecular flexibility index (Phi) is 7.39. The highest BCUT2D eigenvalue weighted by Gasteiger charge is 2.21. The number of aromatic nitrogens is 1. The smallest absolute Gasteiger partial charge is 0.252 e. The zero-order valence-electron chi connectivity index (χ0n) is 14.0. The normalized spacial score (nSPS) is 11.8. The van der Waals surface area contributed by atoms with Crippen LogP contribution < -0.4 is 10.6 Å². The van der Waals surface area contributed by atoms with Gasteiger partial charge >= 0.3 is 0 Å². The van der Waals surface area contributed by atoms with Gasteiger partial charge in [-0.2, -0.15) is 11.8 Å². The third-order valence-corrected chi connectivity index (χ3v) is 4.87. The number of nitrogens with one attached hydrogen (secondary N) is 2. The number of carbonyl (C=O) groups is 2. The van der Waals surface area contributed by atoms with Gasteiger partial charge in [0.1, 0.15) is 11.9 Å². The van der Waals surface area contributed by atoms with E-state index in [0.717, 1.165) is 11.4 Å². The van der Waals surface area contributed by atoms with Crippen molar-refractivity contribution >= 4 is 34.9 Å². The largest absolute Gasteiger partial charge is 0.349 e. The summed E-state index contributed by atoms with van der Waals surface area (Å²) in [5.41, 5.74) is 3.13. The summed E-state index contributed by atoms with van der Waals surface area (Å²) in [5, 5.41) is 7.33. The van der Waals surface area contributed by atoms with Gasteiger partial charge < -0.3 is 10.6 Å². The van der Waals surface area contributed by atoms with Crippen LogP contribution in [0.15, 0.2) is 29.1 Å². The van der Waals surface area contributed by atoms with Gasteiger partial charge in [0.15, 0.2) is 0 Å². The Morgan fingerprint density at radius 3 is 2.84 bits per heavy atom. The molecule has 5 nitrogen and oxygen atoms in total. The first-order valence-corrected chi connectivity index (χ1v) is 10.1. The fraction of sp³-hybridized carbons (Fsp3) is 0.353. The van der Waals surface area contributed by atoms with Gasteiger partial charge in [0.2, 0.25) is 5.91 Å². The number of benzene rings is 1. The number of hydrogen-bond acceptors (Lipinski definition) is 5. The van der Waals surface area contributed by atoms with Gasteiger partial charge in [-0.3, -0.25) is 9.59 Å². The first-order valence-electron chi connectivity index (χ1n) is 7.72. The van der Waals surface area contributed by atoms with E-state index in [1.807, 2.05) is 11.6 Å². The van der Waals surface area contributed by atoms with Crippen LogP contribution in [-0.2, 0) is 11.3 Å². The Labute approximate surface area is 154 Å². The van der Waals surface area contributed by atoms with Crippen molar-refractivity contribution in [3.8, 4) is 0 Å². The molecule has 2 amide bonds. The van der Waals surface area contributed by atoms with E-state index < -0.39 is 17.8 Å². The van der Waals surface area contributed by atoms with Crippen LogP contribution in [0.2, 0.25) is 0 Å². The van der Waals surface area contributed by atoms with E-state index in [2.05, 4.69) is 15.6 Å². The van der Waals surface area contributed by atoms with E-state index in [1.165, 1.54) is 17.4 Å². The number of rotatable bonds is 8. The molecule has 134 valence electrons. The number of carbonyl (C=O) groups excluding carboxylic acids is 2. The van der Waals surface area contributed by atoms with Crippen molar-refractivity contribution < 1.29 is 14.0 Å². The molecule has 2 N–H and O–H groups in total. The summed E-state index contributed by atoms with van der Waals surface area (Å²) in [6.45, 7) is 1.94. The molecular formula is C17H20FN3O2S2. The number of nitrogens with zero attached hydrogens (tertiary/aromatic N) is 1. The van der Waals surface area contributed by atoms with E-state index in [9.17, 15) is 14.0 Å². The van der Waals surface area contributed by atoms with Gasteiger partial charge in [-0.25, -0.2) is 9.37 Å². The molecule has 0 bridgehead atoms. The van der Waals surface area contributed by atoms with Crippen LogP contribution in [0.3, 0.4) is 0 Å². The van der Waals surface area contributed by atoms with E-state index in [-0.39, 0.29) is 11.5 Å². The van der Waals surface area contributed by atoms with Crippen LogP contribution in [0.1, 0.15) is 28.0 Å². The SMILES string of the molecule is CSCC[C@H](NC(=O)c1ccc(C)c(F)c1)C(=O)NCc1cscn1. The molecule has 0 unspecified atom stereocenters. The molecule has 0 aliphatic heterocycles. The lowest BCUT2D eigenvalue weighted by molar-refractivity contribution is -0.123. The van der Waals surface area contributed by atoms with Gasteiger partial charge in [-0.15, -0.1) is 11.3 Å². The lowest BCUT2D eigenvalue weighted by atomic mass is 10.1. The summed E-state index contributed by atoms with van der Waals surface area (Å²) in [6.07, 6.45) is 2.42. The summed E-state index contributed by atoms with van der Waals surface area (Å²) in [7, 11) is 0. The highest BCUT2D eigenvalue weighted by Crippen LogP contribution is 2.10. The summed E-state index contributed by atoms with van der Waals surface area (Å²) in [6, 6.07) is 3.60. The zero-order valence-corrected chi connectivity index (χ0v) is 15.7. The Hall–Kier alpha value is -1.93. The van der Waals surface area contributed by atoms with Crippen LogP contribution in [-0.4, -0.2) is 34.8 Å². The predicted octanol–water partition coefficient (Wildman–Crippen LogP) is 2.76. The lowest BCUT2D eigenvalue weighted by Crippen LogP contribution is -2.46. The number of hydrogen-bond donors (Lipinski definition) is 2. The second-order valence-corrected chi connectivity index (χ2v) is 7.17. The first kappa shape index (κ1) is 19.4. The van der Waals surface area contributed by atoms with Gasteiger partial charge in [0.05, 0.1) is 17.7 Å². The number of halogens is 1. The Balaban J connectivity index is 2.01. The summed E-state index contributed by atoms with van der Waals surface area (Å²) >= 11 is 3.04. The van der Waals surface area contributed by atoms with E-state index in [4.69, 9.17) is 0 Å². The molecular weight excluding hydrogens is 361 g/mol. The predicted molar refractivity (Wildman–Crippen MR) is 99.4 cm³/mol. The molecule has 1 atom stereocenters. The molecule has 25 heavy (non-hydrogen) atoms. The van der Waals surface area contributed by atoms with Gasteiger partial charge in [0, 0.05) is 10.9 Å².